The summed E-state index contributed by atoms with van der Waals surface area (Å²) in [6, 6.07) is 12.4. The molecule has 1 nitrogen and oxygen atoms in total. The Hall–Kier alpha value is -1.41. The molecule has 3 heteroatoms. The second-order valence-corrected chi connectivity index (χ2v) is 8.07. The van der Waals surface area contributed by atoms with Crippen molar-refractivity contribution in [2.24, 2.45) is 5.92 Å². The summed E-state index contributed by atoms with van der Waals surface area (Å²) in [6.07, 6.45) is 11.0. The van der Waals surface area contributed by atoms with E-state index < -0.39 is 5.95 Å². The van der Waals surface area contributed by atoms with Gasteiger partial charge in [0.25, 0.3) is 0 Å². The maximum absolute atomic E-state index is 13.8. The predicted molar refractivity (Wildman–Crippen MR) is 107 cm³/mol. The summed E-state index contributed by atoms with van der Waals surface area (Å²) in [7, 11) is 0. The molecule has 3 rings (SSSR count). The fourth-order valence-electron chi connectivity index (χ4n) is 4.14. The van der Waals surface area contributed by atoms with E-state index in [1.165, 1.54) is 56.1 Å². The molecule has 1 saturated carbocycles. The van der Waals surface area contributed by atoms with Crippen LogP contribution in [0.4, 0.5) is 4.39 Å². The average molecular weight is 374 g/mol. The maximum Gasteiger partial charge on any atom is 0.217 e. The summed E-state index contributed by atoms with van der Waals surface area (Å²) in [6.45, 7) is 2.28. The van der Waals surface area contributed by atoms with E-state index in [2.05, 4.69) is 36.2 Å². The van der Waals surface area contributed by atoms with E-state index in [0.29, 0.717) is 12.0 Å². The molecule has 1 heterocycles. The lowest BCUT2D eigenvalue weighted by molar-refractivity contribution is 0.304. The van der Waals surface area contributed by atoms with Gasteiger partial charge in [-0.1, -0.05) is 68.1 Å². The number of pyridine rings is 1. The second kappa shape index (κ2) is 9.50. The first kappa shape index (κ1) is 19.4. The number of hydrogen-bond acceptors (Lipinski definition) is 1. The van der Waals surface area contributed by atoms with Gasteiger partial charge < -0.3 is 0 Å². The number of aryl methyl sites for hydroxylation is 2. The lowest BCUT2D eigenvalue weighted by Gasteiger charge is -2.29. The molecule has 0 saturated heterocycles. The second-order valence-electron chi connectivity index (χ2n) is 7.69. The Bertz CT molecular complexity index is 690. The number of halogens is 2. The van der Waals surface area contributed by atoms with Crippen molar-refractivity contribution in [3.8, 4) is 0 Å². The Morgan fingerprint density at radius 1 is 1.00 bits per heavy atom. The van der Waals surface area contributed by atoms with Crippen LogP contribution < -0.4 is 0 Å². The molecule has 0 amide bonds. The van der Waals surface area contributed by atoms with Gasteiger partial charge in [-0.3, -0.25) is 0 Å². The van der Waals surface area contributed by atoms with E-state index in [1.54, 1.807) is 12.1 Å². The fourth-order valence-corrected chi connectivity index (χ4v) is 4.28. The first-order valence-corrected chi connectivity index (χ1v) is 10.4. The number of benzene rings is 1. The van der Waals surface area contributed by atoms with Crippen LogP contribution in [0.1, 0.15) is 74.5 Å². The minimum Gasteiger partial charge on any atom is -0.208 e. The largest absolute Gasteiger partial charge is 0.217 e. The number of aromatic nitrogens is 1. The molecule has 1 aromatic carbocycles. The van der Waals surface area contributed by atoms with Crippen molar-refractivity contribution in [3.63, 3.8) is 0 Å². The van der Waals surface area contributed by atoms with Crippen molar-refractivity contribution in [1.29, 1.82) is 0 Å². The molecule has 2 aromatic rings. The van der Waals surface area contributed by atoms with Gasteiger partial charge in [-0.15, -0.1) is 0 Å². The quantitative estimate of drug-likeness (QED) is 0.470. The minimum absolute atomic E-state index is 0.208. The van der Waals surface area contributed by atoms with Gasteiger partial charge in [0.05, 0.1) is 0 Å². The summed E-state index contributed by atoms with van der Waals surface area (Å²) in [5.74, 6) is 1.22. The summed E-state index contributed by atoms with van der Waals surface area (Å²) in [5.41, 5.74) is 3.35. The van der Waals surface area contributed by atoms with Gasteiger partial charge in [0, 0.05) is 5.56 Å². The third-order valence-electron chi connectivity index (χ3n) is 5.84. The molecule has 0 spiro atoms. The van der Waals surface area contributed by atoms with E-state index in [1.807, 2.05) is 0 Å². The average Bonchev–Trinajstić information content (AvgIpc) is 2.66. The van der Waals surface area contributed by atoms with Gasteiger partial charge in [-0.2, -0.15) is 4.39 Å². The molecule has 0 N–H and O–H groups in total. The lowest BCUT2D eigenvalue weighted by atomic mass is 9.77. The standard InChI is InChI=1S/C23H29ClFN/c1-2-3-4-17-5-10-19(11-6-17)20-12-7-18(8-13-20)9-14-21-15-16-22(24)26-23(21)25/h7-8,12-13,15-17,19H,2-6,9-11,14H2,1H3/t17-,19-. The smallest absolute Gasteiger partial charge is 0.208 e. The molecule has 0 unspecified atom stereocenters. The van der Waals surface area contributed by atoms with Crippen molar-refractivity contribution < 1.29 is 4.39 Å². The summed E-state index contributed by atoms with van der Waals surface area (Å²) in [4.78, 5) is 3.68. The first-order valence-electron chi connectivity index (χ1n) is 10.1. The topological polar surface area (TPSA) is 12.9 Å². The van der Waals surface area contributed by atoms with Gasteiger partial charge in [0.15, 0.2) is 0 Å². The molecule has 140 valence electrons. The highest BCUT2D eigenvalue weighted by Gasteiger charge is 2.21. The number of nitrogens with zero attached hydrogens (tertiary/aromatic N) is 1. The van der Waals surface area contributed by atoms with Crippen LogP contribution in [-0.4, -0.2) is 4.98 Å². The van der Waals surface area contributed by atoms with Crippen LogP contribution in [0.5, 0.6) is 0 Å². The van der Waals surface area contributed by atoms with Gasteiger partial charge in [-0.25, -0.2) is 4.98 Å². The number of rotatable bonds is 7. The highest BCUT2D eigenvalue weighted by molar-refractivity contribution is 6.29. The monoisotopic (exact) mass is 373 g/mol. The van der Waals surface area contributed by atoms with Crippen LogP contribution in [-0.2, 0) is 12.8 Å². The normalized spacial score (nSPS) is 20.3. The Morgan fingerprint density at radius 2 is 1.73 bits per heavy atom. The molecular formula is C23H29ClFN. The van der Waals surface area contributed by atoms with Gasteiger partial charge in [0.2, 0.25) is 5.95 Å². The Labute approximate surface area is 162 Å². The van der Waals surface area contributed by atoms with Crippen LogP contribution in [0.15, 0.2) is 36.4 Å². The zero-order valence-electron chi connectivity index (χ0n) is 15.7. The predicted octanol–water partition coefficient (Wildman–Crippen LogP) is 7.12. The van der Waals surface area contributed by atoms with Crippen molar-refractivity contribution >= 4 is 11.6 Å². The third kappa shape index (κ3) is 5.30. The zero-order chi connectivity index (χ0) is 18.4. The van der Waals surface area contributed by atoms with Crippen LogP contribution in [0.25, 0.3) is 0 Å². The van der Waals surface area contributed by atoms with Gasteiger partial charge in [0.1, 0.15) is 5.15 Å². The van der Waals surface area contributed by atoms with Gasteiger partial charge in [-0.05, 0) is 67.6 Å². The molecule has 26 heavy (non-hydrogen) atoms. The molecule has 0 atom stereocenters. The Morgan fingerprint density at radius 3 is 2.38 bits per heavy atom. The number of unbranched alkanes of at least 4 members (excludes halogenated alkanes) is 1. The summed E-state index contributed by atoms with van der Waals surface area (Å²) >= 11 is 5.71. The van der Waals surface area contributed by atoms with Crippen molar-refractivity contribution in [2.75, 3.05) is 0 Å². The zero-order valence-corrected chi connectivity index (χ0v) is 16.4. The van der Waals surface area contributed by atoms with Crippen LogP contribution in [0.3, 0.4) is 0 Å². The van der Waals surface area contributed by atoms with Crippen LogP contribution >= 0.6 is 11.6 Å². The Kier molecular flexibility index (Phi) is 7.07. The van der Waals surface area contributed by atoms with Crippen LogP contribution in [0.2, 0.25) is 5.15 Å². The van der Waals surface area contributed by atoms with E-state index >= 15 is 0 Å². The van der Waals surface area contributed by atoms with Crippen LogP contribution in [0, 0.1) is 11.9 Å². The van der Waals surface area contributed by atoms with Crippen molar-refractivity contribution in [3.05, 3.63) is 64.2 Å². The molecule has 1 aromatic heterocycles. The molecule has 0 aliphatic heterocycles. The van der Waals surface area contributed by atoms with E-state index in [4.69, 9.17) is 11.6 Å². The summed E-state index contributed by atoms with van der Waals surface area (Å²) in [5, 5.41) is 0.208. The summed E-state index contributed by atoms with van der Waals surface area (Å²) < 4.78 is 13.8. The van der Waals surface area contributed by atoms with Gasteiger partial charge >= 0.3 is 0 Å². The first-order chi connectivity index (χ1) is 12.7. The fraction of sp³-hybridized carbons (Fsp3) is 0.522. The van der Waals surface area contributed by atoms with Crippen molar-refractivity contribution in [1.82, 2.24) is 4.98 Å². The highest BCUT2D eigenvalue weighted by atomic mass is 35.5. The Balaban J connectivity index is 1.51. The highest BCUT2D eigenvalue weighted by Crippen LogP contribution is 2.37. The molecule has 0 bridgehead atoms. The minimum atomic E-state index is -0.450. The molecular weight excluding hydrogens is 345 g/mol. The lowest BCUT2D eigenvalue weighted by Crippen LogP contribution is -2.13. The van der Waals surface area contributed by atoms with E-state index in [-0.39, 0.29) is 5.15 Å². The molecule has 1 fully saturated rings. The van der Waals surface area contributed by atoms with Crippen molar-refractivity contribution in [2.45, 2.75) is 70.6 Å². The molecule has 0 radical (unpaired) electrons. The third-order valence-corrected chi connectivity index (χ3v) is 6.05. The van der Waals surface area contributed by atoms with E-state index in [9.17, 15) is 4.39 Å². The van der Waals surface area contributed by atoms with E-state index in [0.717, 1.165) is 18.3 Å². The maximum atomic E-state index is 13.8. The number of hydrogen-bond donors (Lipinski definition) is 0. The SMILES string of the molecule is CCCC[C@H]1CC[C@H](c2ccc(CCc3ccc(Cl)nc3F)cc2)CC1. The molecule has 1 aliphatic rings. The molecule has 1 aliphatic carbocycles.